The van der Waals surface area contributed by atoms with Crippen LogP contribution in [0.15, 0.2) is 60.7 Å². The number of nitrogens with one attached hydrogen (secondary N) is 1. The summed E-state index contributed by atoms with van der Waals surface area (Å²) >= 11 is 0. The molecule has 2 aromatic rings. The van der Waals surface area contributed by atoms with Gasteiger partial charge in [-0.3, -0.25) is 0 Å². The molecule has 156 valence electrons. The van der Waals surface area contributed by atoms with Crippen LogP contribution in [0, 0.1) is 5.92 Å². The van der Waals surface area contributed by atoms with E-state index in [1.807, 2.05) is 74.5 Å². The van der Waals surface area contributed by atoms with E-state index in [0.717, 1.165) is 11.1 Å². The Morgan fingerprint density at radius 1 is 0.966 bits per heavy atom. The average Bonchev–Trinajstić information content (AvgIpc) is 2.72. The number of amides is 2. The number of benzene rings is 2. The molecule has 29 heavy (non-hydrogen) atoms. The number of hydrogen-bond acceptors (Lipinski definition) is 3. The third-order valence-electron chi connectivity index (χ3n) is 5.34. The van der Waals surface area contributed by atoms with E-state index >= 15 is 0 Å². The number of likely N-dealkylation sites (tertiary alicyclic amines) is 1. The highest BCUT2D eigenvalue weighted by Crippen LogP contribution is 2.24. The molecule has 1 N–H and O–H groups in total. The minimum atomic E-state index is -3.10. The van der Waals surface area contributed by atoms with Crippen LogP contribution < -0.4 is 5.32 Å². The van der Waals surface area contributed by atoms with Crippen LogP contribution in [0.5, 0.6) is 0 Å². The van der Waals surface area contributed by atoms with Crippen LogP contribution in [0.3, 0.4) is 0 Å². The molecule has 0 saturated carbocycles. The summed E-state index contributed by atoms with van der Waals surface area (Å²) in [6.45, 7) is 4.77. The Bertz CT molecular complexity index is 851. The first-order valence-electron chi connectivity index (χ1n) is 10.2. The molecule has 0 radical (unpaired) electrons. The van der Waals surface area contributed by atoms with Crippen LogP contribution in [0.4, 0.5) is 4.79 Å². The zero-order valence-corrected chi connectivity index (χ0v) is 17.9. The molecule has 0 aliphatic carbocycles. The molecule has 6 heteroatoms. The lowest BCUT2D eigenvalue weighted by atomic mass is 9.99. The number of hydrogen-bond donors (Lipinski definition) is 1. The lowest BCUT2D eigenvalue weighted by molar-refractivity contribution is 0.184. The Labute approximate surface area is 174 Å². The quantitative estimate of drug-likeness (QED) is 0.776. The number of carbonyl (C=O) groups is 1. The fourth-order valence-electron chi connectivity index (χ4n) is 3.88. The van der Waals surface area contributed by atoms with Gasteiger partial charge in [-0.2, -0.15) is 0 Å². The van der Waals surface area contributed by atoms with E-state index in [1.165, 1.54) is 0 Å². The first-order chi connectivity index (χ1) is 13.9. The van der Waals surface area contributed by atoms with E-state index < -0.39 is 9.84 Å². The molecule has 0 spiro atoms. The molecule has 2 aromatic carbocycles. The van der Waals surface area contributed by atoms with Gasteiger partial charge in [-0.1, -0.05) is 74.5 Å². The summed E-state index contributed by atoms with van der Waals surface area (Å²) in [7, 11) is -3.10. The van der Waals surface area contributed by atoms with Crippen LogP contribution in [0.2, 0.25) is 0 Å². The van der Waals surface area contributed by atoms with Gasteiger partial charge in [0.15, 0.2) is 9.84 Å². The van der Waals surface area contributed by atoms with Gasteiger partial charge < -0.3 is 10.2 Å². The predicted molar refractivity (Wildman–Crippen MR) is 116 cm³/mol. The predicted octanol–water partition coefficient (Wildman–Crippen LogP) is 4.02. The maximum atomic E-state index is 13.0. The molecule has 1 fully saturated rings. The molecule has 0 bridgehead atoms. The summed E-state index contributed by atoms with van der Waals surface area (Å²) in [4.78, 5) is 14.7. The zero-order chi connectivity index (χ0) is 20.9. The maximum absolute atomic E-state index is 13.0. The highest BCUT2D eigenvalue weighted by Gasteiger charge is 2.32. The number of carbonyl (C=O) groups excluding carboxylic acids is 1. The largest absolute Gasteiger partial charge is 0.327 e. The second-order valence-corrected chi connectivity index (χ2v) is 10.4. The van der Waals surface area contributed by atoms with Gasteiger partial charge in [-0.05, 0) is 29.9 Å². The molecule has 1 saturated heterocycles. The molecule has 1 aliphatic rings. The van der Waals surface area contributed by atoms with Crippen molar-refractivity contribution in [3.8, 4) is 0 Å². The average molecular weight is 415 g/mol. The second kappa shape index (κ2) is 9.44. The molecule has 5 nitrogen and oxygen atoms in total. The molecule has 0 unspecified atom stereocenters. The number of piperidine rings is 1. The Balaban J connectivity index is 1.67. The van der Waals surface area contributed by atoms with Crippen LogP contribution in [-0.2, 0) is 9.84 Å². The van der Waals surface area contributed by atoms with Crippen molar-refractivity contribution >= 4 is 15.9 Å². The minimum Gasteiger partial charge on any atom is -0.327 e. The van der Waals surface area contributed by atoms with E-state index in [2.05, 4.69) is 5.32 Å². The maximum Gasteiger partial charge on any atom is 0.318 e. The normalized spacial score (nSPS) is 15.7. The standard InChI is InChI=1S/C23H30N2O3S/c1-18(2)17-29(27,28)21-13-15-25(16-14-21)23(26)24-22(19-9-5-3-6-10-19)20-11-7-4-8-12-20/h3-12,18,21-22H,13-17H2,1-2H3,(H,24,26). The fourth-order valence-corrected chi connectivity index (χ4v) is 6.01. The van der Waals surface area contributed by atoms with Crippen molar-refractivity contribution in [1.82, 2.24) is 10.2 Å². The highest BCUT2D eigenvalue weighted by molar-refractivity contribution is 7.92. The van der Waals surface area contributed by atoms with Gasteiger partial charge >= 0.3 is 6.03 Å². The molecule has 2 amide bonds. The molecular formula is C23H30N2O3S. The summed E-state index contributed by atoms with van der Waals surface area (Å²) in [5, 5.41) is 2.80. The number of sulfone groups is 1. The monoisotopic (exact) mass is 414 g/mol. The van der Waals surface area contributed by atoms with Gasteiger partial charge in [0.2, 0.25) is 0 Å². The summed E-state index contributed by atoms with van der Waals surface area (Å²) in [6, 6.07) is 19.4. The van der Waals surface area contributed by atoms with Crippen LogP contribution in [0.25, 0.3) is 0 Å². The van der Waals surface area contributed by atoms with Gasteiger partial charge in [0.05, 0.1) is 17.0 Å². The molecule has 1 heterocycles. The summed E-state index contributed by atoms with van der Waals surface area (Å²) in [6.07, 6.45) is 1.01. The first-order valence-corrected chi connectivity index (χ1v) is 12.0. The van der Waals surface area contributed by atoms with Crippen molar-refractivity contribution < 1.29 is 13.2 Å². The van der Waals surface area contributed by atoms with Crippen molar-refractivity contribution in [1.29, 1.82) is 0 Å². The lowest BCUT2D eigenvalue weighted by Gasteiger charge is -2.33. The van der Waals surface area contributed by atoms with Crippen molar-refractivity contribution in [2.75, 3.05) is 18.8 Å². The Hall–Kier alpha value is -2.34. The minimum absolute atomic E-state index is 0.124. The fraction of sp³-hybridized carbons (Fsp3) is 0.435. The van der Waals surface area contributed by atoms with Crippen molar-refractivity contribution in [2.45, 2.75) is 38.0 Å². The molecular weight excluding hydrogens is 384 g/mol. The van der Waals surface area contributed by atoms with Gasteiger partial charge in [-0.25, -0.2) is 13.2 Å². The first kappa shape index (κ1) is 21.4. The molecule has 1 aliphatic heterocycles. The van der Waals surface area contributed by atoms with Crippen molar-refractivity contribution in [3.05, 3.63) is 71.8 Å². The van der Waals surface area contributed by atoms with E-state index in [0.29, 0.717) is 25.9 Å². The van der Waals surface area contributed by atoms with Crippen molar-refractivity contribution in [3.63, 3.8) is 0 Å². The Morgan fingerprint density at radius 3 is 1.90 bits per heavy atom. The summed E-state index contributed by atoms with van der Waals surface area (Å²) in [5.41, 5.74) is 2.03. The van der Waals surface area contributed by atoms with Crippen LogP contribution in [-0.4, -0.2) is 43.4 Å². The topological polar surface area (TPSA) is 66.5 Å². The van der Waals surface area contributed by atoms with Crippen molar-refractivity contribution in [2.24, 2.45) is 5.92 Å². The summed E-state index contributed by atoms with van der Waals surface area (Å²) in [5.74, 6) is 0.340. The van der Waals surface area contributed by atoms with E-state index in [4.69, 9.17) is 0 Å². The van der Waals surface area contributed by atoms with Gasteiger partial charge in [-0.15, -0.1) is 0 Å². The Kier molecular flexibility index (Phi) is 6.96. The number of nitrogens with zero attached hydrogens (tertiary/aromatic N) is 1. The number of urea groups is 1. The van der Waals surface area contributed by atoms with Crippen LogP contribution in [0.1, 0.15) is 43.9 Å². The summed E-state index contributed by atoms with van der Waals surface area (Å²) < 4.78 is 25.0. The third kappa shape index (κ3) is 5.60. The van der Waals surface area contributed by atoms with Crippen LogP contribution >= 0.6 is 0 Å². The second-order valence-electron chi connectivity index (χ2n) is 8.11. The number of rotatable bonds is 6. The molecule has 0 atom stereocenters. The molecule has 3 rings (SSSR count). The highest BCUT2D eigenvalue weighted by atomic mass is 32.2. The zero-order valence-electron chi connectivity index (χ0n) is 17.1. The van der Waals surface area contributed by atoms with E-state index in [9.17, 15) is 13.2 Å². The van der Waals surface area contributed by atoms with E-state index in [-0.39, 0.29) is 29.0 Å². The third-order valence-corrected chi connectivity index (χ3v) is 7.95. The lowest BCUT2D eigenvalue weighted by Crippen LogP contribution is -2.48. The SMILES string of the molecule is CC(C)CS(=O)(=O)C1CCN(C(=O)NC(c2ccccc2)c2ccccc2)CC1. The Morgan fingerprint density at radius 2 is 1.45 bits per heavy atom. The molecule has 0 aromatic heterocycles. The van der Waals surface area contributed by atoms with E-state index in [1.54, 1.807) is 4.90 Å². The van der Waals surface area contributed by atoms with Gasteiger partial charge in [0.25, 0.3) is 0 Å². The van der Waals surface area contributed by atoms with Gasteiger partial charge in [0.1, 0.15) is 0 Å². The van der Waals surface area contributed by atoms with Gasteiger partial charge in [0, 0.05) is 13.1 Å². The smallest absolute Gasteiger partial charge is 0.318 e.